The summed E-state index contributed by atoms with van der Waals surface area (Å²) in [4.78, 5) is 20.8. The maximum atomic E-state index is 11.1. The molecule has 1 aliphatic heterocycles. The Balaban J connectivity index is 1.71. The van der Waals surface area contributed by atoms with Crippen molar-refractivity contribution in [1.29, 1.82) is 0 Å². The van der Waals surface area contributed by atoms with Crippen LogP contribution in [-0.2, 0) is 0 Å². The van der Waals surface area contributed by atoms with E-state index in [2.05, 4.69) is 27.0 Å². The van der Waals surface area contributed by atoms with Gasteiger partial charge in [-0.1, -0.05) is 0 Å². The van der Waals surface area contributed by atoms with E-state index in [-0.39, 0.29) is 11.4 Å². The monoisotopic (exact) mass is 355 g/mol. The molecule has 25 heavy (non-hydrogen) atoms. The smallest absolute Gasteiger partial charge is 0.292 e. The number of nitrogen functional groups attached to an aromatic ring is 1. The van der Waals surface area contributed by atoms with E-state index in [1.807, 2.05) is 17.8 Å². The van der Waals surface area contributed by atoms with Crippen molar-refractivity contribution in [2.24, 2.45) is 0 Å². The molecule has 0 bridgehead atoms. The van der Waals surface area contributed by atoms with Gasteiger partial charge in [-0.2, -0.15) is 11.8 Å². The number of hydrogen-bond donors (Lipinski definition) is 2. The number of imidazole rings is 1. The van der Waals surface area contributed by atoms with Crippen LogP contribution in [0.1, 0.15) is 0 Å². The second-order valence-electron chi connectivity index (χ2n) is 5.92. The summed E-state index contributed by atoms with van der Waals surface area (Å²) in [6.07, 6.45) is 0. The lowest BCUT2D eigenvalue weighted by molar-refractivity contribution is -0.383. The summed E-state index contributed by atoms with van der Waals surface area (Å²) in [5.74, 6) is 2.88. The second kappa shape index (κ2) is 6.29. The highest BCUT2D eigenvalue weighted by Crippen LogP contribution is 2.30. The van der Waals surface area contributed by atoms with Crippen LogP contribution in [0.4, 0.5) is 17.1 Å². The first-order valence-electron chi connectivity index (χ1n) is 7.98. The number of nitro benzene ring substituents is 1. The predicted molar refractivity (Wildman–Crippen MR) is 102 cm³/mol. The summed E-state index contributed by atoms with van der Waals surface area (Å²) in [5.41, 5.74) is 9.29. The van der Waals surface area contributed by atoms with Crippen LogP contribution < -0.4 is 10.6 Å². The van der Waals surface area contributed by atoms with E-state index in [1.165, 1.54) is 17.8 Å². The first-order chi connectivity index (χ1) is 12.1. The Hall–Kier alpha value is -2.74. The van der Waals surface area contributed by atoms with Crippen LogP contribution in [-0.4, -0.2) is 39.5 Å². The third kappa shape index (κ3) is 3.00. The molecular weight excluding hydrogens is 338 g/mol. The number of thioether (sulfide) groups is 1. The zero-order valence-corrected chi connectivity index (χ0v) is 14.3. The van der Waals surface area contributed by atoms with E-state index in [1.54, 1.807) is 6.07 Å². The van der Waals surface area contributed by atoms with Crippen LogP contribution in [0.25, 0.3) is 22.4 Å². The van der Waals surface area contributed by atoms with Crippen molar-refractivity contribution in [2.75, 3.05) is 35.2 Å². The van der Waals surface area contributed by atoms with Crippen molar-refractivity contribution in [1.82, 2.24) is 9.97 Å². The van der Waals surface area contributed by atoms with E-state index in [0.717, 1.165) is 35.6 Å². The highest BCUT2D eigenvalue weighted by molar-refractivity contribution is 7.99. The number of aromatic amines is 1. The lowest BCUT2D eigenvalue weighted by atomic mass is 10.1. The van der Waals surface area contributed by atoms with Crippen LogP contribution in [0.2, 0.25) is 0 Å². The number of aromatic nitrogens is 2. The molecule has 1 saturated heterocycles. The fourth-order valence-electron chi connectivity index (χ4n) is 3.00. The number of hydrogen-bond acceptors (Lipinski definition) is 6. The minimum Gasteiger partial charge on any atom is -0.393 e. The van der Waals surface area contributed by atoms with Crippen molar-refractivity contribution < 1.29 is 4.92 Å². The van der Waals surface area contributed by atoms with Gasteiger partial charge in [-0.3, -0.25) is 10.1 Å². The second-order valence-corrected chi connectivity index (χ2v) is 7.14. The quantitative estimate of drug-likeness (QED) is 0.425. The molecule has 4 rings (SSSR count). The third-order valence-corrected chi connectivity index (χ3v) is 5.28. The normalized spacial score (nSPS) is 14.8. The molecule has 8 heteroatoms. The molecule has 1 fully saturated rings. The summed E-state index contributed by atoms with van der Waals surface area (Å²) < 4.78 is 0. The topological polar surface area (TPSA) is 101 Å². The number of nitrogens with two attached hydrogens (primary N) is 1. The largest absolute Gasteiger partial charge is 0.393 e. The maximum Gasteiger partial charge on any atom is 0.292 e. The summed E-state index contributed by atoms with van der Waals surface area (Å²) in [6, 6.07) is 10.9. The molecule has 128 valence electrons. The summed E-state index contributed by atoms with van der Waals surface area (Å²) in [7, 11) is 0. The molecule has 0 radical (unpaired) electrons. The van der Waals surface area contributed by atoms with Crippen molar-refractivity contribution in [3.8, 4) is 11.4 Å². The van der Waals surface area contributed by atoms with Gasteiger partial charge >= 0.3 is 0 Å². The lowest BCUT2D eigenvalue weighted by Gasteiger charge is -2.28. The van der Waals surface area contributed by atoms with Crippen molar-refractivity contribution >= 4 is 39.9 Å². The Bertz CT molecular complexity index is 949. The van der Waals surface area contributed by atoms with Gasteiger partial charge in [-0.05, 0) is 30.3 Å². The number of fused-ring (bicyclic) bond motifs is 1. The zero-order chi connectivity index (χ0) is 17.4. The molecule has 0 aliphatic carbocycles. The van der Waals surface area contributed by atoms with E-state index in [4.69, 9.17) is 5.73 Å². The van der Waals surface area contributed by atoms with Crippen molar-refractivity contribution in [2.45, 2.75) is 0 Å². The number of H-pyrrole nitrogens is 1. The van der Waals surface area contributed by atoms with Gasteiger partial charge in [0.05, 0.1) is 16.0 Å². The molecule has 3 N–H and O–H groups in total. The average molecular weight is 355 g/mol. The molecule has 2 aromatic carbocycles. The zero-order valence-electron chi connectivity index (χ0n) is 13.4. The number of nitrogens with one attached hydrogen (secondary N) is 1. The van der Waals surface area contributed by atoms with Gasteiger partial charge in [-0.15, -0.1) is 0 Å². The van der Waals surface area contributed by atoms with Crippen LogP contribution >= 0.6 is 11.8 Å². The van der Waals surface area contributed by atoms with E-state index in [9.17, 15) is 10.1 Å². The van der Waals surface area contributed by atoms with Crippen LogP contribution in [0.5, 0.6) is 0 Å². The molecule has 0 unspecified atom stereocenters. The molecule has 7 nitrogen and oxygen atoms in total. The Morgan fingerprint density at radius 1 is 1.20 bits per heavy atom. The molecule has 0 amide bonds. The predicted octanol–water partition coefficient (Wildman–Crippen LogP) is 3.27. The summed E-state index contributed by atoms with van der Waals surface area (Å²) in [5, 5.41) is 11.1. The summed E-state index contributed by atoms with van der Waals surface area (Å²) in [6.45, 7) is 2.09. The van der Waals surface area contributed by atoms with Gasteiger partial charge < -0.3 is 15.6 Å². The summed E-state index contributed by atoms with van der Waals surface area (Å²) >= 11 is 1.98. The van der Waals surface area contributed by atoms with Gasteiger partial charge in [0.2, 0.25) is 0 Å². The lowest BCUT2D eigenvalue weighted by Crippen LogP contribution is -2.32. The van der Waals surface area contributed by atoms with Crippen LogP contribution in [0.15, 0.2) is 36.4 Å². The van der Waals surface area contributed by atoms with Crippen molar-refractivity contribution in [3.63, 3.8) is 0 Å². The van der Waals surface area contributed by atoms with Gasteiger partial charge in [0, 0.05) is 41.9 Å². The molecule has 1 aliphatic rings. The Morgan fingerprint density at radius 2 is 2.00 bits per heavy atom. The number of nitro groups is 1. The molecule has 0 saturated carbocycles. The molecule has 0 atom stereocenters. The minimum absolute atomic E-state index is 0.107. The van der Waals surface area contributed by atoms with Crippen molar-refractivity contribution in [3.05, 3.63) is 46.5 Å². The maximum absolute atomic E-state index is 11.1. The van der Waals surface area contributed by atoms with E-state index < -0.39 is 4.92 Å². The number of nitrogens with zero attached hydrogens (tertiary/aromatic N) is 3. The Morgan fingerprint density at radius 3 is 2.76 bits per heavy atom. The third-order valence-electron chi connectivity index (χ3n) is 4.34. The van der Waals surface area contributed by atoms with Gasteiger partial charge in [0.15, 0.2) is 0 Å². The number of benzene rings is 2. The average Bonchev–Trinajstić information content (AvgIpc) is 3.05. The first kappa shape index (κ1) is 15.8. The van der Waals surface area contributed by atoms with Gasteiger partial charge in [0.1, 0.15) is 11.5 Å². The van der Waals surface area contributed by atoms with E-state index in [0.29, 0.717) is 11.4 Å². The highest BCUT2D eigenvalue weighted by atomic mass is 32.2. The fourth-order valence-corrected chi connectivity index (χ4v) is 3.90. The standard InChI is InChI=1S/C17H17N5O2S/c18-13-3-1-11(9-16(13)22(23)24)17-19-14-4-2-12(10-15(14)20-17)21-5-7-25-8-6-21/h1-4,9-10H,5-8,18H2,(H,19,20). The van der Waals surface area contributed by atoms with Crippen LogP contribution in [0, 0.1) is 10.1 Å². The minimum atomic E-state index is -0.478. The Labute approximate surface area is 148 Å². The molecule has 3 aromatic rings. The number of rotatable bonds is 3. The van der Waals surface area contributed by atoms with Crippen LogP contribution in [0.3, 0.4) is 0 Å². The molecule has 2 heterocycles. The fraction of sp³-hybridized carbons (Fsp3) is 0.235. The molecule has 0 spiro atoms. The number of anilines is 2. The molecule has 1 aromatic heterocycles. The Kier molecular flexibility index (Phi) is 3.96. The van der Waals surface area contributed by atoms with Gasteiger partial charge in [0.25, 0.3) is 5.69 Å². The van der Waals surface area contributed by atoms with E-state index >= 15 is 0 Å². The molecular formula is C17H17N5O2S. The highest BCUT2D eigenvalue weighted by Gasteiger charge is 2.16. The first-order valence-corrected chi connectivity index (χ1v) is 9.14. The van der Waals surface area contributed by atoms with Gasteiger partial charge in [-0.25, -0.2) is 4.98 Å². The SMILES string of the molecule is Nc1ccc(-c2nc3ccc(N4CCSCC4)cc3[nH]2)cc1[N+](=O)[O-].